The van der Waals surface area contributed by atoms with Gasteiger partial charge in [0.15, 0.2) is 0 Å². The van der Waals surface area contributed by atoms with E-state index in [1.807, 2.05) is 24.3 Å². The zero-order chi connectivity index (χ0) is 13.1. The molecule has 0 spiro atoms. The largest absolute Gasteiger partial charge is 0.492 e. The lowest BCUT2D eigenvalue weighted by atomic mass is 10.2. The number of rotatable bonds is 10. The molecule has 0 unspecified atom stereocenters. The summed E-state index contributed by atoms with van der Waals surface area (Å²) in [6.07, 6.45) is 3.56. The van der Waals surface area contributed by atoms with Crippen LogP contribution in [0.25, 0.3) is 0 Å². The number of hydrogen-bond acceptors (Lipinski definition) is 3. The molecule has 1 aromatic rings. The van der Waals surface area contributed by atoms with Crippen molar-refractivity contribution in [3.63, 3.8) is 0 Å². The van der Waals surface area contributed by atoms with Gasteiger partial charge in [-0.3, -0.25) is 0 Å². The highest BCUT2D eigenvalue weighted by molar-refractivity contribution is 9.10. The first-order valence-electron chi connectivity index (χ1n) is 6.41. The van der Waals surface area contributed by atoms with E-state index in [1.54, 1.807) is 7.11 Å². The Balaban J connectivity index is 1.91. The molecule has 0 aromatic heterocycles. The summed E-state index contributed by atoms with van der Waals surface area (Å²) in [5.74, 6) is 0.917. The second kappa shape index (κ2) is 10.4. The molecule has 0 atom stereocenters. The quantitative estimate of drug-likeness (QED) is 0.672. The highest BCUT2D eigenvalue weighted by atomic mass is 79.9. The molecule has 1 N–H and O–H groups in total. The summed E-state index contributed by atoms with van der Waals surface area (Å²) in [5, 5.41) is 3.37. The second-order valence-electron chi connectivity index (χ2n) is 4.11. The molecular weight excluding hydrogens is 294 g/mol. The summed E-state index contributed by atoms with van der Waals surface area (Å²) in [4.78, 5) is 0. The molecule has 0 aliphatic heterocycles. The predicted octanol–water partition coefficient (Wildman–Crippen LogP) is 3.23. The number of methoxy groups -OCH3 is 1. The van der Waals surface area contributed by atoms with E-state index in [1.165, 1.54) is 12.8 Å². The normalized spacial score (nSPS) is 10.6. The summed E-state index contributed by atoms with van der Waals surface area (Å²) in [5.41, 5.74) is 0. The topological polar surface area (TPSA) is 30.5 Å². The van der Waals surface area contributed by atoms with Gasteiger partial charge in [0.1, 0.15) is 12.4 Å². The average Bonchev–Trinajstić information content (AvgIpc) is 2.39. The third-order valence-electron chi connectivity index (χ3n) is 2.56. The standard InChI is InChI=1S/C14H22BrNO2/c1-17-11-4-2-3-9-16-10-12-18-14-7-5-13(15)6-8-14/h5-8,16H,2-4,9-12H2,1H3. The van der Waals surface area contributed by atoms with Crippen LogP contribution in [0, 0.1) is 0 Å². The molecule has 0 bridgehead atoms. The minimum atomic E-state index is 0.708. The van der Waals surface area contributed by atoms with Gasteiger partial charge in [-0.15, -0.1) is 0 Å². The van der Waals surface area contributed by atoms with Gasteiger partial charge in [0.25, 0.3) is 0 Å². The van der Waals surface area contributed by atoms with Crippen molar-refractivity contribution in [2.45, 2.75) is 19.3 Å². The van der Waals surface area contributed by atoms with E-state index in [9.17, 15) is 0 Å². The van der Waals surface area contributed by atoms with Crippen LogP contribution < -0.4 is 10.1 Å². The molecule has 0 aliphatic carbocycles. The summed E-state index contributed by atoms with van der Waals surface area (Å²) < 4.78 is 11.7. The average molecular weight is 316 g/mol. The van der Waals surface area contributed by atoms with E-state index in [2.05, 4.69) is 21.2 Å². The lowest BCUT2D eigenvalue weighted by molar-refractivity contribution is 0.192. The first kappa shape index (κ1) is 15.5. The Morgan fingerprint density at radius 3 is 2.50 bits per heavy atom. The van der Waals surface area contributed by atoms with Crippen molar-refractivity contribution in [1.29, 1.82) is 0 Å². The van der Waals surface area contributed by atoms with Gasteiger partial charge in [0, 0.05) is 24.7 Å². The fraction of sp³-hybridized carbons (Fsp3) is 0.571. The van der Waals surface area contributed by atoms with Crippen molar-refractivity contribution >= 4 is 15.9 Å². The fourth-order valence-corrected chi connectivity index (χ4v) is 1.83. The molecule has 0 saturated heterocycles. The Kier molecular flexibility index (Phi) is 8.90. The Labute approximate surface area is 118 Å². The summed E-state index contributed by atoms with van der Waals surface area (Å²) >= 11 is 3.40. The van der Waals surface area contributed by atoms with Crippen LogP contribution in [0.5, 0.6) is 5.75 Å². The summed E-state index contributed by atoms with van der Waals surface area (Å²) in [6.45, 7) is 3.51. The molecule has 4 heteroatoms. The van der Waals surface area contributed by atoms with E-state index in [0.717, 1.165) is 36.3 Å². The van der Waals surface area contributed by atoms with Crippen LogP contribution in [0.15, 0.2) is 28.7 Å². The number of hydrogen-bond donors (Lipinski definition) is 1. The van der Waals surface area contributed by atoms with Crippen molar-refractivity contribution in [3.8, 4) is 5.75 Å². The maximum absolute atomic E-state index is 5.60. The zero-order valence-corrected chi connectivity index (χ0v) is 12.5. The van der Waals surface area contributed by atoms with Crippen molar-refractivity contribution in [1.82, 2.24) is 5.32 Å². The Hall–Kier alpha value is -0.580. The second-order valence-corrected chi connectivity index (χ2v) is 5.02. The van der Waals surface area contributed by atoms with E-state index in [0.29, 0.717) is 6.61 Å². The van der Waals surface area contributed by atoms with Gasteiger partial charge >= 0.3 is 0 Å². The van der Waals surface area contributed by atoms with E-state index >= 15 is 0 Å². The Morgan fingerprint density at radius 1 is 1.00 bits per heavy atom. The molecule has 0 amide bonds. The minimum Gasteiger partial charge on any atom is -0.492 e. The van der Waals surface area contributed by atoms with Gasteiger partial charge in [0.05, 0.1) is 0 Å². The SMILES string of the molecule is COCCCCCNCCOc1ccc(Br)cc1. The predicted molar refractivity (Wildman–Crippen MR) is 78.2 cm³/mol. The van der Waals surface area contributed by atoms with Gasteiger partial charge in [-0.1, -0.05) is 15.9 Å². The van der Waals surface area contributed by atoms with Crippen molar-refractivity contribution in [3.05, 3.63) is 28.7 Å². The highest BCUT2D eigenvalue weighted by Crippen LogP contribution is 2.15. The van der Waals surface area contributed by atoms with Crippen molar-refractivity contribution in [2.24, 2.45) is 0 Å². The molecule has 0 saturated carbocycles. The minimum absolute atomic E-state index is 0.708. The lowest BCUT2D eigenvalue weighted by Gasteiger charge is -2.07. The number of nitrogens with one attached hydrogen (secondary N) is 1. The third-order valence-corrected chi connectivity index (χ3v) is 3.09. The first-order chi connectivity index (χ1) is 8.83. The molecular formula is C14H22BrNO2. The molecule has 0 aliphatic rings. The number of ether oxygens (including phenoxy) is 2. The number of unbranched alkanes of at least 4 members (excludes halogenated alkanes) is 2. The highest BCUT2D eigenvalue weighted by Gasteiger charge is 1.94. The van der Waals surface area contributed by atoms with Crippen LogP contribution in [-0.2, 0) is 4.74 Å². The van der Waals surface area contributed by atoms with E-state index in [4.69, 9.17) is 9.47 Å². The third kappa shape index (κ3) is 7.69. The molecule has 102 valence electrons. The van der Waals surface area contributed by atoms with Crippen molar-refractivity contribution in [2.75, 3.05) is 33.4 Å². The molecule has 0 heterocycles. The van der Waals surface area contributed by atoms with E-state index in [-0.39, 0.29) is 0 Å². The molecule has 18 heavy (non-hydrogen) atoms. The maximum atomic E-state index is 5.60. The Morgan fingerprint density at radius 2 is 1.78 bits per heavy atom. The first-order valence-corrected chi connectivity index (χ1v) is 7.20. The van der Waals surface area contributed by atoms with Crippen LogP contribution in [-0.4, -0.2) is 33.4 Å². The van der Waals surface area contributed by atoms with Crippen LogP contribution >= 0.6 is 15.9 Å². The maximum Gasteiger partial charge on any atom is 0.119 e. The summed E-state index contributed by atoms with van der Waals surface area (Å²) in [7, 11) is 1.75. The monoisotopic (exact) mass is 315 g/mol. The van der Waals surface area contributed by atoms with E-state index < -0.39 is 0 Å². The van der Waals surface area contributed by atoms with Crippen LogP contribution in [0.3, 0.4) is 0 Å². The molecule has 3 nitrogen and oxygen atoms in total. The smallest absolute Gasteiger partial charge is 0.119 e. The van der Waals surface area contributed by atoms with Gasteiger partial charge in [-0.05, 0) is 50.1 Å². The molecule has 1 aromatic carbocycles. The van der Waals surface area contributed by atoms with Gasteiger partial charge in [-0.25, -0.2) is 0 Å². The fourth-order valence-electron chi connectivity index (χ4n) is 1.57. The summed E-state index contributed by atoms with van der Waals surface area (Å²) in [6, 6.07) is 7.90. The van der Waals surface area contributed by atoms with Gasteiger partial charge in [-0.2, -0.15) is 0 Å². The zero-order valence-electron chi connectivity index (χ0n) is 11.0. The van der Waals surface area contributed by atoms with Crippen LogP contribution in [0.4, 0.5) is 0 Å². The molecule has 1 rings (SSSR count). The van der Waals surface area contributed by atoms with Crippen LogP contribution in [0.2, 0.25) is 0 Å². The van der Waals surface area contributed by atoms with Gasteiger partial charge in [0.2, 0.25) is 0 Å². The van der Waals surface area contributed by atoms with Crippen LogP contribution in [0.1, 0.15) is 19.3 Å². The van der Waals surface area contributed by atoms with Crippen molar-refractivity contribution < 1.29 is 9.47 Å². The Bertz CT molecular complexity index is 303. The number of benzene rings is 1. The molecule has 0 radical (unpaired) electrons. The lowest BCUT2D eigenvalue weighted by Crippen LogP contribution is -2.22. The van der Waals surface area contributed by atoms with Gasteiger partial charge < -0.3 is 14.8 Å². The number of halogens is 1. The molecule has 0 fully saturated rings.